The lowest BCUT2D eigenvalue weighted by Crippen LogP contribution is -1.97. The van der Waals surface area contributed by atoms with Gasteiger partial charge in [0.05, 0.1) is 0 Å². The average molecular weight is 551 g/mol. The van der Waals surface area contributed by atoms with Gasteiger partial charge in [-0.25, -0.2) is 0 Å². The van der Waals surface area contributed by atoms with E-state index >= 15 is 0 Å². The van der Waals surface area contributed by atoms with E-state index in [0.29, 0.717) is 0 Å². The Balaban J connectivity index is 3.02. The van der Waals surface area contributed by atoms with Gasteiger partial charge in [-0.05, 0) is 25.7 Å². The lowest BCUT2D eigenvalue weighted by molar-refractivity contribution is -0.108. The van der Waals surface area contributed by atoms with Gasteiger partial charge in [0, 0.05) is 26.1 Å². The van der Waals surface area contributed by atoms with Crippen LogP contribution in [0.3, 0.4) is 0 Å². The highest BCUT2D eigenvalue weighted by atomic mass is 16.5. The molecule has 232 valence electrons. The predicted octanol–water partition coefficient (Wildman–Crippen LogP) is 11.9. The smallest absolute Gasteiger partial charge is 0.119 e. The summed E-state index contributed by atoms with van der Waals surface area (Å²) < 4.78 is 5.85. The minimum Gasteiger partial charge on any atom is -0.381 e. The van der Waals surface area contributed by atoms with Crippen LogP contribution < -0.4 is 0 Å². The molecule has 0 aliphatic rings. The summed E-state index contributed by atoms with van der Waals surface area (Å²) in [4.78, 5) is 20.5. The normalized spacial score (nSPS) is 11.3. The van der Waals surface area contributed by atoms with Gasteiger partial charge < -0.3 is 14.3 Å². The quantitative estimate of drug-likeness (QED) is 0.0575. The summed E-state index contributed by atoms with van der Waals surface area (Å²) in [5.41, 5.74) is 0. The Bertz CT molecular complexity index is 411. The average Bonchev–Trinajstić information content (AvgIpc) is 2.95. The first-order chi connectivity index (χ1) is 19.4. The molecule has 0 amide bonds. The zero-order chi connectivity index (χ0) is 28.2. The van der Waals surface area contributed by atoms with E-state index in [-0.39, 0.29) is 0 Å². The molecule has 39 heavy (non-hydrogen) atoms. The second-order valence-corrected chi connectivity index (χ2v) is 12.1. The number of hydrogen-bond acceptors (Lipinski definition) is 3. The number of aldehydes is 2. The first kappa shape index (κ1) is 38.3. The van der Waals surface area contributed by atoms with Crippen LogP contribution in [0.5, 0.6) is 0 Å². The molecule has 0 aromatic rings. The van der Waals surface area contributed by atoms with Crippen molar-refractivity contribution in [2.75, 3.05) is 13.2 Å². The summed E-state index contributed by atoms with van der Waals surface area (Å²) >= 11 is 0. The highest BCUT2D eigenvalue weighted by molar-refractivity contribution is 5.49. The number of carbonyl (C=O) groups is 2. The fraction of sp³-hybridized carbons (Fsp3) is 0.944. The Morgan fingerprint density at radius 2 is 0.436 bits per heavy atom. The van der Waals surface area contributed by atoms with E-state index < -0.39 is 0 Å². The summed E-state index contributed by atoms with van der Waals surface area (Å²) in [7, 11) is 0. The van der Waals surface area contributed by atoms with Crippen molar-refractivity contribution in [2.45, 2.75) is 205 Å². The third-order valence-corrected chi connectivity index (χ3v) is 8.22. The minimum atomic E-state index is 0.753. The number of rotatable bonds is 36. The van der Waals surface area contributed by atoms with E-state index in [2.05, 4.69) is 0 Å². The van der Waals surface area contributed by atoms with Crippen molar-refractivity contribution in [1.29, 1.82) is 0 Å². The van der Waals surface area contributed by atoms with E-state index in [4.69, 9.17) is 4.74 Å². The summed E-state index contributed by atoms with van der Waals surface area (Å²) in [5.74, 6) is 0. The monoisotopic (exact) mass is 551 g/mol. The molecule has 0 N–H and O–H groups in total. The third kappa shape index (κ3) is 37.3. The largest absolute Gasteiger partial charge is 0.381 e. The summed E-state index contributed by atoms with van der Waals surface area (Å²) in [5, 5.41) is 0. The van der Waals surface area contributed by atoms with E-state index in [0.717, 1.165) is 51.5 Å². The van der Waals surface area contributed by atoms with Gasteiger partial charge in [-0.3, -0.25) is 0 Å². The van der Waals surface area contributed by atoms with Crippen molar-refractivity contribution in [2.24, 2.45) is 0 Å². The predicted molar refractivity (Wildman–Crippen MR) is 171 cm³/mol. The molecule has 0 fully saturated rings. The van der Waals surface area contributed by atoms with Crippen molar-refractivity contribution in [3.05, 3.63) is 0 Å². The fourth-order valence-electron chi connectivity index (χ4n) is 5.56. The molecule has 0 aliphatic carbocycles. The van der Waals surface area contributed by atoms with Crippen LogP contribution in [0.2, 0.25) is 0 Å². The van der Waals surface area contributed by atoms with E-state index in [1.807, 2.05) is 0 Å². The highest BCUT2D eigenvalue weighted by Gasteiger charge is 1.97. The molecule has 3 nitrogen and oxygen atoms in total. The van der Waals surface area contributed by atoms with Crippen LogP contribution in [0.1, 0.15) is 205 Å². The number of hydrogen-bond donors (Lipinski definition) is 0. The first-order valence-corrected chi connectivity index (χ1v) is 17.9. The van der Waals surface area contributed by atoms with Gasteiger partial charge in [-0.15, -0.1) is 0 Å². The number of carbonyl (C=O) groups excluding carboxylic acids is 2. The molecule has 0 saturated heterocycles. The second kappa shape index (κ2) is 37.3. The molecule has 3 heteroatoms. The Hall–Kier alpha value is -0.700. The zero-order valence-electron chi connectivity index (χ0n) is 26.4. The topological polar surface area (TPSA) is 43.4 Å². The maximum atomic E-state index is 10.3. The van der Waals surface area contributed by atoms with E-state index in [1.165, 1.54) is 180 Å². The summed E-state index contributed by atoms with van der Waals surface area (Å²) in [6.45, 7) is 1.94. The Morgan fingerprint density at radius 1 is 0.256 bits per heavy atom. The minimum absolute atomic E-state index is 0.753. The Labute approximate surface area is 245 Å². The Kier molecular flexibility index (Phi) is 36.6. The van der Waals surface area contributed by atoms with Crippen molar-refractivity contribution < 1.29 is 14.3 Å². The van der Waals surface area contributed by atoms with Gasteiger partial charge in [-0.1, -0.05) is 167 Å². The number of ether oxygens (including phenoxy) is 1. The van der Waals surface area contributed by atoms with Gasteiger partial charge in [0.2, 0.25) is 0 Å². The lowest BCUT2D eigenvalue weighted by Gasteiger charge is -2.06. The SMILES string of the molecule is O=CCCCCCCCCCCCCCCCCCOCCCCCCCCCCCCCCCCCC=O. The molecule has 0 atom stereocenters. The van der Waals surface area contributed by atoms with Crippen LogP contribution in [0.4, 0.5) is 0 Å². The molecule has 0 spiro atoms. The van der Waals surface area contributed by atoms with Crippen LogP contribution in [0.25, 0.3) is 0 Å². The van der Waals surface area contributed by atoms with Crippen molar-refractivity contribution in [1.82, 2.24) is 0 Å². The highest BCUT2D eigenvalue weighted by Crippen LogP contribution is 2.15. The molecule has 0 aliphatic heterocycles. The molecule has 0 aromatic heterocycles. The van der Waals surface area contributed by atoms with Crippen LogP contribution in [0, 0.1) is 0 Å². The van der Waals surface area contributed by atoms with E-state index in [9.17, 15) is 9.59 Å². The van der Waals surface area contributed by atoms with E-state index in [1.54, 1.807) is 0 Å². The van der Waals surface area contributed by atoms with Crippen LogP contribution in [0.15, 0.2) is 0 Å². The molecule has 0 unspecified atom stereocenters. The Morgan fingerprint density at radius 3 is 0.641 bits per heavy atom. The fourth-order valence-corrected chi connectivity index (χ4v) is 5.56. The van der Waals surface area contributed by atoms with Gasteiger partial charge in [0.15, 0.2) is 0 Å². The molecule has 0 bridgehead atoms. The maximum Gasteiger partial charge on any atom is 0.119 e. The first-order valence-electron chi connectivity index (χ1n) is 17.9. The molecular formula is C36H70O3. The molecule has 0 heterocycles. The zero-order valence-corrected chi connectivity index (χ0v) is 26.4. The lowest BCUT2D eigenvalue weighted by atomic mass is 10.0. The molecule has 0 radical (unpaired) electrons. The second-order valence-electron chi connectivity index (χ2n) is 12.1. The van der Waals surface area contributed by atoms with Gasteiger partial charge >= 0.3 is 0 Å². The van der Waals surface area contributed by atoms with Crippen molar-refractivity contribution >= 4 is 12.6 Å². The molecule has 0 rings (SSSR count). The summed E-state index contributed by atoms with van der Waals surface area (Å²) in [6.07, 6.45) is 44.2. The van der Waals surface area contributed by atoms with Crippen molar-refractivity contribution in [3.8, 4) is 0 Å². The van der Waals surface area contributed by atoms with Crippen LogP contribution in [-0.4, -0.2) is 25.8 Å². The van der Waals surface area contributed by atoms with Crippen LogP contribution >= 0.6 is 0 Å². The summed E-state index contributed by atoms with van der Waals surface area (Å²) in [6, 6.07) is 0. The molecular weight excluding hydrogens is 480 g/mol. The maximum absolute atomic E-state index is 10.3. The standard InChI is InChI=1S/C36H70O3/c37-33-29-25-21-17-13-9-5-1-3-7-11-15-19-23-27-31-35-39-36-32-28-24-20-16-12-8-4-2-6-10-14-18-22-26-30-34-38/h33-34H,1-32,35-36H2. The third-order valence-electron chi connectivity index (χ3n) is 8.22. The number of unbranched alkanes of at least 4 members (excludes halogenated alkanes) is 30. The van der Waals surface area contributed by atoms with Crippen molar-refractivity contribution in [3.63, 3.8) is 0 Å². The van der Waals surface area contributed by atoms with Crippen LogP contribution in [-0.2, 0) is 14.3 Å². The molecule has 0 saturated carbocycles. The van der Waals surface area contributed by atoms with Gasteiger partial charge in [0.25, 0.3) is 0 Å². The molecule has 0 aromatic carbocycles. The van der Waals surface area contributed by atoms with Gasteiger partial charge in [0.1, 0.15) is 12.6 Å². The van der Waals surface area contributed by atoms with Gasteiger partial charge in [-0.2, -0.15) is 0 Å².